The van der Waals surface area contributed by atoms with Gasteiger partial charge in [-0.05, 0) is 12.1 Å². The van der Waals surface area contributed by atoms with E-state index in [4.69, 9.17) is 23.1 Å². The molecule has 0 fully saturated rings. The van der Waals surface area contributed by atoms with Crippen molar-refractivity contribution in [1.29, 1.82) is 0 Å². The van der Waals surface area contributed by atoms with Gasteiger partial charge in [-0.3, -0.25) is 21.3 Å². The summed E-state index contributed by atoms with van der Waals surface area (Å²) < 4.78 is 0. The van der Waals surface area contributed by atoms with Crippen molar-refractivity contribution in [3.8, 4) is 0 Å². The van der Waals surface area contributed by atoms with Gasteiger partial charge in [0.2, 0.25) is 11.7 Å². The minimum Gasteiger partial charge on any atom is -0.369 e. The second-order valence-corrected chi connectivity index (χ2v) is 3.84. The number of benzene rings is 1. The molecule has 0 saturated heterocycles. The third kappa shape index (κ3) is 2.00. The van der Waals surface area contributed by atoms with Gasteiger partial charge in [0.25, 0.3) is 5.69 Å². The molecule has 1 aliphatic rings. The number of hydrogen-bond acceptors (Lipinski definition) is 7. The number of rotatable bonds is 2. The number of hydrazine groups is 1. The standard InChI is InChI=1S/C8H9ClN6O2/c9-5-3-4(1-2-6(5)15(16)17)8(11)12-7(10)13-14-8/h1-3,14H,11H2,(H3,10,12,13). The van der Waals surface area contributed by atoms with E-state index < -0.39 is 10.7 Å². The predicted octanol–water partition coefficient (Wildman–Crippen LogP) is -0.260. The van der Waals surface area contributed by atoms with Crippen LogP contribution in [0.15, 0.2) is 23.2 Å². The monoisotopic (exact) mass is 256 g/mol. The fourth-order valence-electron chi connectivity index (χ4n) is 1.43. The molecule has 0 aliphatic carbocycles. The van der Waals surface area contributed by atoms with Crippen LogP contribution in [0.1, 0.15) is 5.56 Å². The molecule has 1 atom stereocenters. The molecule has 1 aliphatic heterocycles. The van der Waals surface area contributed by atoms with Crippen LogP contribution in [0.2, 0.25) is 5.02 Å². The lowest BCUT2D eigenvalue weighted by Gasteiger charge is -2.20. The third-order valence-corrected chi connectivity index (χ3v) is 2.57. The lowest BCUT2D eigenvalue weighted by molar-refractivity contribution is -0.384. The van der Waals surface area contributed by atoms with Gasteiger partial charge in [0.15, 0.2) is 0 Å². The van der Waals surface area contributed by atoms with Crippen LogP contribution in [0.3, 0.4) is 0 Å². The quantitative estimate of drug-likeness (QED) is 0.426. The van der Waals surface area contributed by atoms with Crippen molar-refractivity contribution in [1.82, 2.24) is 10.9 Å². The molecule has 0 bridgehead atoms. The van der Waals surface area contributed by atoms with Crippen LogP contribution >= 0.6 is 11.6 Å². The fraction of sp³-hybridized carbons (Fsp3) is 0.125. The average molecular weight is 257 g/mol. The van der Waals surface area contributed by atoms with E-state index in [1.165, 1.54) is 18.2 Å². The molecule has 0 amide bonds. The number of nitro benzene ring substituents is 1. The molecule has 2 rings (SSSR count). The largest absolute Gasteiger partial charge is 0.369 e. The van der Waals surface area contributed by atoms with Crippen molar-refractivity contribution < 1.29 is 4.92 Å². The van der Waals surface area contributed by atoms with Crippen molar-refractivity contribution in [3.05, 3.63) is 38.9 Å². The number of guanidine groups is 1. The van der Waals surface area contributed by atoms with Crippen LogP contribution in [0.25, 0.3) is 0 Å². The van der Waals surface area contributed by atoms with Crippen LogP contribution in [0.4, 0.5) is 5.69 Å². The Labute approximate surface area is 101 Å². The topological polar surface area (TPSA) is 132 Å². The maximum Gasteiger partial charge on any atom is 0.287 e. The van der Waals surface area contributed by atoms with E-state index in [0.717, 1.165) is 0 Å². The summed E-state index contributed by atoms with van der Waals surface area (Å²) in [6.45, 7) is 0. The lowest BCUT2D eigenvalue weighted by atomic mass is 10.1. The van der Waals surface area contributed by atoms with E-state index in [1.807, 2.05) is 0 Å². The van der Waals surface area contributed by atoms with Crippen LogP contribution in [-0.4, -0.2) is 10.9 Å². The summed E-state index contributed by atoms with van der Waals surface area (Å²) in [5, 5.41) is 10.6. The first kappa shape index (κ1) is 11.6. The number of nitrogens with zero attached hydrogens (tertiary/aromatic N) is 2. The third-order valence-electron chi connectivity index (χ3n) is 2.26. The minimum absolute atomic E-state index is 0.0141. The van der Waals surface area contributed by atoms with E-state index in [0.29, 0.717) is 5.56 Å². The molecule has 0 saturated carbocycles. The molecule has 6 N–H and O–H groups in total. The summed E-state index contributed by atoms with van der Waals surface area (Å²) in [6.07, 6.45) is 0. The zero-order valence-corrected chi connectivity index (χ0v) is 9.23. The van der Waals surface area contributed by atoms with Crippen molar-refractivity contribution in [2.45, 2.75) is 5.79 Å². The van der Waals surface area contributed by atoms with Gasteiger partial charge < -0.3 is 5.73 Å². The van der Waals surface area contributed by atoms with Gasteiger partial charge in [-0.25, -0.2) is 4.99 Å². The van der Waals surface area contributed by atoms with Gasteiger partial charge in [-0.15, -0.1) is 0 Å². The highest BCUT2D eigenvalue weighted by atomic mass is 35.5. The van der Waals surface area contributed by atoms with E-state index in [9.17, 15) is 10.1 Å². The predicted molar refractivity (Wildman–Crippen MR) is 61.9 cm³/mol. The van der Waals surface area contributed by atoms with Gasteiger partial charge in [0.1, 0.15) is 5.02 Å². The molecule has 1 heterocycles. The Morgan fingerprint density at radius 2 is 2.24 bits per heavy atom. The molecule has 0 aromatic heterocycles. The summed E-state index contributed by atoms with van der Waals surface area (Å²) >= 11 is 5.78. The minimum atomic E-state index is -1.27. The van der Waals surface area contributed by atoms with E-state index in [1.54, 1.807) is 0 Å². The molecule has 9 heteroatoms. The Bertz CT molecular complexity index is 519. The number of nitrogens with one attached hydrogen (secondary N) is 2. The molecule has 0 radical (unpaired) electrons. The number of hydrogen-bond donors (Lipinski definition) is 4. The lowest BCUT2D eigenvalue weighted by Crippen LogP contribution is -2.50. The number of nitrogens with two attached hydrogens (primary N) is 2. The summed E-state index contributed by atoms with van der Waals surface area (Å²) in [7, 11) is 0. The first-order valence-corrected chi connectivity index (χ1v) is 4.92. The van der Waals surface area contributed by atoms with E-state index in [-0.39, 0.29) is 16.7 Å². The Kier molecular flexibility index (Phi) is 2.62. The molecule has 1 unspecified atom stereocenters. The van der Waals surface area contributed by atoms with Gasteiger partial charge >= 0.3 is 0 Å². The van der Waals surface area contributed by atoms with Gasteiger partial charge in [-0.1, -0.05) is 11.6 Å². The van der Waals surface area contributed by atoms with Crippen LogP contribution < -0.4 is 22.3 Å². The van der Waals surface area contributed by atoms with Gasteiger partial charge in [0, 0.05) is 11.6 Å². The van der Waals surface area contributed by atoms with Crippen molar-refractivity contribution >= 4 is 23.2 Å². The first-order valence-electron chi connectivity index (χ1n) is 4.54. The fourth-order valence-corrected chi connectivity index (χ4v) is 1.68. The van der Waals surface area contributed by atoms with Crippen molar-refractivity contribution in [2.24, 2.45) is 16.5 Å². The molecule has 90 valence electrons. The van der Waals surface area contributed by atoms with Crippen LogP contribution in [0.5, 0.6) is 0 Å². The second-order valence-electron chi connectivity index (χ2n) is 3.44. The van der Waals surface area contributed by atoms with E-state index >= 15 is 0 Å². The Hall–Kier alpha value is -1.90. The highest BCUT2D eigenvalue weighted by Crippen LogP contribution is 2.29. The molecule has 1 aromatic carbocycles. The van der Waals surface area contributed by atoms with Crippen molar-refractivity contribution in [2.75, 3.05) is 0 Å². The van der Waals surface area contributed by atoms with Crippen LogP contribution in [-0.2, 0) is 5.79 Å². The first-order chi connectivity index (χ1) is 7.92. The highest BCUT2D eigenvalue weighted by molar-refractivity contribution is 6.32. The molecule has 1 aromatic rings. The Morgan fingerprint density at radius 1 is 1.53 bits per heavy atom. The Balaban J connectivity index is 2.42. The maximum absolute atomic E-state index is 10.6. The summed E-state index contributed by atoms with van der Waals surface area (Å²) in [6, 6.07) is 4.09. The molecule has 8 nitrogen and oxygen atoms in total. The SMILES string of the molecule is NC1=NC(N)(c2ccc([N+](=O)[O-])c(Cl)c2)NN1. The summed E-state index contributed by atoms with van der Waals surface area (Å²) in [5.74, 6) is -1.15. The zero-order valence-electron chi connectivity index (χ0n) is 8.48. The molecular weight excluding hydrogens is 248 g/mol. The highest BCUT2D eigenvalue weighted by Gasteiger charge is 2.32. The molecular formula is C8H9ClN6O2. The van der Waals surface area contributed by atoms with E-state index in [2.05, 4.69) is 15.8 Å². The zero-order chi connectivity index (χ0) is 12.6. The molecule has 0 spiro atoms. The second kappa shape index (κ2) is 3.84. The smallest absolute Gasteiger partial charge is 0.287 e. The number of nitro groups is 1. The van der Waals surface area contributed by atoms with Crippen LogP contribution in [0, 0.1) is 10.1 Å². The van der Waals surface area contributed by atoms with Gasteiger partial charge in [-0.2, -0.15) is 5.43 Å². The average Bonchev–Trinajstić information content (AvgIpc) is 2.59. The number of halogens is 1. The normalized spacial score (nSPS) is 23.1. The summed E-state index contributed by atoms with van der Waals surface area (Å²) in [4.78, 5) is 14.0. The Morgan fingerprint density at radius 3 is 2.71 bits per heavy atom. The van der Waals surface area contributed by atoms with Gasteiger partial charge in [0.05, 0.1) is 4.92 Å². The van der Waals surface area contributed by atoms with Crippen molar-refractivity contribution in [3.63, 3.8) is 0 Å². The molecule has 17 heavy (non-hydrogen) atoms. The summed E-state index contributed by atoms with van der Waals surface area (Å²) in [5.41, 5.74) is 16.8. The number of aliphatic imine (C=N–C) groups is 1. The maximum atomic E-state index is 10.6.